The molecule has 1 aliphatic heterocycles. The van der Waals surface area contributed by atoms with E-state index in [2.05, 4.69) is 54.7 Å². The summed E-state index contributed by atoms with van der Waals surface area (Å²) in [7, 11) is 0. The Morgan fingerprint density at radius 3 is 2.80 bits per heavy atom. The first-order chi connectivity index (χ1) is 9.88. The molecule has 0 radical (unpaired) electrons. The van der Waals surface area contributed by atoms with Gasteiger partial charge in [-0.3, -0.25) is 0 Å². The minimum absolute atomic E-state index is 0.749. The summed E-state index contributed by atoms with van der Waals surface area (Å²) in [5.41, 5.74) is 6.64. The number of rotatable bonds is 5. The number of nitrogens with one attached hydrogen (secondary N) is 1. The van der Waals surface area contributed by atoms with Gasteiger partial charge < -0.3 is 10.1 Å². The van der Waals surface area contributed by atoms with Crippen LogP contribution >= 0.6 is 0 Å². The lowest BCUT2D eigenvalue weighted by Crippen LogP contribution is -2.14. The number of ether oxygens (including phenoxy) is 1. The van der Waals surface area contributed by atoms with Gasteiger partial charge in [-0.1, -0.05) is 43.3 Å². The molecule has 0 bridgehead atoms. The maximum atomic E-state index is 5.50. The van der Waals surface area contributed by atoms with Crippen molar-refractivity contribution in [1.29, 1.82) is 0 Å². The van der Waals surface area contributed by atoms with Crippen LogP contribution in [0.1, 0.15) is 30.0 Å². The van der Waals surface area contributed by atoms with Crippen LogP contribution in [-0.4, -0.2) is 6.54 Å². The van der Waals surface area contributed by atoms with E-state index >= 15 is 0 Å². The third-order valence-corrected chi connectivity index (χ3v) is 3.79. The van der Waals surface area contributed by atoms with Crippen LogP contribution in [0.15, 0.2) is 42.5 Å². The first kappa shape index (κ1) is 13.3. The predicted molar refractivity (Wildman–Crippen MR) is 82.4 cm³/mol. The van der Waals surface area contributed by atoms with Crippen LogP contribution in [0.4, 0.5) is 0 Å². The van der Waals surface area contributed by atoms with Crippen molar-refractivity contribution in [3.05, 3.63) is 59.2 Å². The summed E-state index contributed by atoms with van der Waals surface area (Å²) in [6, 6.07) is 15.3. The Morgan fingerprint density at radius 1 is 1.05 bits per heavy atom. The highest BCUT2D eigenvalue weighted by molar-refractivity contribution is 5.68. The molecule has 2 heteroatoms. The van der Waals surface area contributed by atoms with Crippen LogP contribution in [0.25, 0.3) is 11.1 Å². The molecule has 0 saturated heterocycles. The second-order valence-corrected chi connectivity index (χ2v) is 5.31. The van der Waals surface area contributed by atoms with Crippen molar-refractivity contribution in [2.24, 2.45) is 0 Å². The molecular formula is C18H21NO. The molecule has 2 nitrogen and oxygen atoms in total. The molecule has 1 N–H and O–H groups in total. The van der Waals surface area contributed by atoms with Crippen molar-refractivity contribution >= 4 is 0 Å². The molecule has 0 spiro atoms. The molecule has 0 amide bonds. The Labute approximate surface area is 120 Å². The SMILES string of the molecule is CCCNCc1ccccc1-c1ccc2c(c1)COC2. The monoisotopic (exact) mass is 267 g/mol. The zero-order valence-electron chi connectivity index (χ0n) is 12.0. The van der Waals surface area contributed by atoms with Gasteiger partial charge in [0.2, 0.25) is 0 Å². The van der Waals surface area contributed by atoms with Gasteiger partial charge in [-0.05, 0) is 46.8 Å². The van der Waals surface area contributed by atoms with Gasteiger partial charge in [0.15, 0.2) is 0 Å². The van der Waals surface area contributed by atoms with E-state index in [0.29, 0.717) is 0 Å². The van der Waals surface area contributed by atoms with Gasteiger partial charge in [0.25, 0.3) is 0 Å². The second-order valence-electron chi connectivity index (χ2n) is 5.31. The average molecular weight is 267 g/mol. The smallest absolute Gasteiger partial charge is 0.0725 e. The number of benzene rings is 2. The van der Waals surface area contributed by atoms with E-state index in [-0.39, 0.29) is 0 Å². The van der Waals surface area contributed by atoms with E-state index in [0.717, 1.165) is 26.3 Å². The van der Waals surface area contributed by atoms with Crippen LogP contribution in [0, 0.1) is 0 Å². The summed E-state index contributed by atoms with van der Waals surface area (Å²) < 4.78 is 5.50. The molecule has 0 aliphatic carbocycles. The van der Waals surface area contributed by atoms with Crippen LogP contribution < -0.4 is 5.32 Å². The van der Waals surface area contributed by atoms with Crippen LogP contribution in [-0.2, 0) is 24.5 Å². The molecule has 0 aromatic heterocycles. The van der Waals surface area contributed by atoms with E-state index in [4.69, 9.17) is 4.74 Å². The summed E-state index contributed by atoms with van der Waals surface area (Å²) in [6.45, 7) is 5.69. The summed E-state index contributed by atoms with van der Waals surface area (Å²) in [5, 5.41) is 3.49. The first-order valence-corrected chi connectivity index (χ1v) is 7.37. The largest absolute Gasteiger partial charge is 0.372 e. The molecule has 3 rings (SSSR count). The lowest BCUT2D eigenvalue weighted by molar-refractivity contribution is 0.134. The van der Waals surface area contributed by atoms with E-state index in [9.17, 15) is 0 Å². The third-order valence-electron chi connectivity index (χ3n) is 3.79. The Balaban J connectivity index is 1.89. The molecule has 1 aliphatic rings. The van der Waals surface area contributed by atoms with Crippen LogP contribution in [0.2, 0.25) is 0 Å². The first-order valence-electron chi connectivity index (χ1n) is 7.37. The van der Waals surface area contributed by atoms with Gasteiger partial charge in [-0.2, -0.15) is 0 Å². The molecule has 0 unspecified atom stereocenters. The third kappa shape index (κ3) is 2.77. The summed E-state index contributed by atoms with van der Waals surface area (Å²) >= 11 is 0. The Bertz CT molecular complexity index is 592. The van der Waals surface area contributed by atoms with Crippen molar-refractivity contribution in [2.75, 3.05) is 6.54 Å². The molecule has 20 heavy (non-hydrogen) atoms. The Hall–Kier alpha value is -1.64. The summed E-state index contributed by atoms with van der Waals surface area (Å²) in [4.78, 5) is 0. The number of fused-ring (bicyclic) bond motifs is 1. The summed E-state index contributed by atoms with van der Waals surface area (Å²) in [6.07, 6.45) is 1.17. The van der Waals surface area contributed by atoms with Gasteiger partial charge >= 0.3 is 0 Å². The average Bonchev–Trinajstić information content (AvgIpc) is 2.95. The zero-order valence-corrected chi connectivity index (χ0v) is 12.0. The normalized spacial score (nSPS) is 13.4. The van der Waals surface area contributed by atoms with Crippen molar-refractivity contribution in [3.8, 4) is 11.1 Å². The highest BCUT2D eigenvalue weighted by Crippen LogP contribution is 2.29. The highest BCUT2D eigenvalue weighted by atomic mass is 16.5. The lowest BCUT2D eigenvalue weighted by Gasteiger charge is -2.11. The Kier molecular flexibility index (Phi) is 4.14. The summed E-state index contributed by atoms with van der Waals surface area (Å²) in [5.74, 6) is 0. The van der Waals surface area contributed by atoms with Crippen molar-refractivity contribution < 1.29 is 4.74 Å². The van der Waals surface area contributed by atoms with Gasteiger partial charge in [0.05, 0.1) is 13.2 Å². The highest BCUT2D eigenvalue weighted by Gasteiger charge is 2.13. The lowest BCUT2D eigenvalue weighted by atomic mass is 9.96. The van der Waals surface area contributed by atoms with E-state index in [1.54, 1.807) is 0 Å². The van der Waals surface area contributed by atoms with Gasteiger partial charge in [-0.25, -0.2) is 0 Å². The standard InChI is InChI=1S/C18H21NO/c1-2-9-19-11-15-5-3-4-6-18(15)14-7-8-16-12-20-13-17(16)10-14/h3-8,10,19H,2,9,11-13H2,1H3. The van der Waals surface area contributed by atoms with E-state index < -0.39 is 0 Å². The Morgan fingerprint density at radius 2 is 1.90 bits per heavy atom. The van der Waals surface area contributed by atoms with Crippen molar-refractivity contribution in [1.82, 2.24) is 5.32 Å². The molecular weight excluding hydrogens is 246 g/mol. The number of hydrogen-bond acceptors (Lipinski definition) is 2. The number of hydrogen-bond donors (Lipinski definition) is 1. The molecule has 0 fully saturated rings. The minimum atomic E-state index is 0.749. The topological polar surface area (TPSA) is 21.3 Å². The molecule has 1 heterocycles. The van der Waals surface area contributed by atoms with Crippen LogP contribution in [0.5, 0.6) is 0 Å². The molecule has 2 aromatic carbocycles. The maximum Gasteiger partial charge on any atom is 0.0725 e. The zero-order chi connectivity index (χ0) is 13.8. The quantitative estimate of drug-likeness (QED) is 0.830. The maximum absolute atomic E-state index is 5.50. The molecule has 0 atom stereocenters. The van der Waals surface area contributed by atoms with Crippen molar-refractivity contribution in [3.63, 3.8) is 0 Å². The second kappa shape index (κ2) is 6.21. The van der Waals surface area contributed by atoms with Gasteiger partial charge in [0, 0.05) is 6.54 Å². The molecule has 0 saturated carbocycles. The fraction of sp³-hybridized carbons (Fsp3) is 0.333. The van der Waals surface area contributed by atoms with E-state index in [1.807, 2.05) is 0 Å². The minimum Gasteiger partial charge on any atom is -0.372 e. The van der Waals surface area contributed by atoms with Gasteiger partial charge in [0.1, 0.15) is 0 Å². The molecule has 104 valence electrons. The van der Waals surface area contributed by atoms with E-state index in [1.165, 1.54) is 34.2 Å². The predicted octanol–water partition coefficient (Wildman–Crippen LogP) is 3.88. The van der Waals surface area contributed by atoms with Gasteiger partial charge in [-0.15, -0.1) is 0 Å². The van der Waals surface area contributed by atoms with Crippen LogP contribution in [0.3, 0.4) is 0 Å². The molecule has 2 aromatic rings. The van der Waals surface area contributed by atoms with Crippen molar-refractivity contribution in [2.45, 2.75) is 33.1 Å². The fourth-order valence-electron chi connectivity index (χ4n) is 2.70. The fourth-order valence-corrected chi connectivity index (χ4v) is 2.70.